The summed E-state index contributed by atoms with van der Waals surface area (Å²) in [4.78, 5) is 25.3. The van der Waals surface area contributed by atoms with Crippen LogP contribution in [0, 0.1) is 0 Å². The second kappa shape index (κ2) is 5.30. The van der Waals surface area contributed by atoms with Gasteiger partial charge >= 0.3 is 0 Å². The Kier molecular flexibility index (Phi) is 3.76. The van der Waals surface area contributed by atoms with E-state index >= 15 is 0 Å². The smallest absolute Gasteiger partial charge is 0.295 e. The molecule has 6 nitrogen and oxygen atoms in total. The quantitative estimate of drug-likeness (QED) is 0.609. The highest BCUT2D eigenvalue weighted by atomic mass is 16.3. The van der Waals surface area contributed by atoms with Crippen molar-refractivity contribution < 1.29 is 14.7 Å². The van der Waals surface area contributed by atoms with E-state index < -0.39 is 17.8 Å². The molecule has 0 radical (unpaired) electrons. The molecule has 0 bridgehead atoms. The van der Waals surface area contributed by atoms with Crippen LogP contribution >= 0.6 is 0 Å². The van der Waals surface area contributed by atoms with Gasteiger partial charge in [-0.15, -0.1) is 0 Å². The van der Waals surface area contributed by atoms with Crippen molar-refractivity contribution in [3.05, 3.63) is 18.0 Å². The van der Waals surface area contributed by atoms with Crippen LogP contribution < -0.4 is 0 Å². The number of aliphatic hydroxyl groups excluding tert-OH is 1. The van der Waals surface area contributed by atoms with E-state index in [4.69, 9.17) is 0 Å². The number of ketones is 1. The number of carbonyl (C=O) groups excluding carboxylic acids is 2. The second-order valence-electron chi connectivity index (χ2n) is 4.46. The number of aliphatic hydroxyl groups is 1. The Morgan fingerprint density at radius 3 is 2.94 bits per heavy atom. The number of hydrogen-bond acceptors (Lipinski definition) is 4. The predicted molar refractivity (Wildman–Crippen MR) is 64.1 cm³/mol. The molecule has 1 fully saturated rings. The van der Waals surface area contributed by atoms with Gasteiger partial charge in [0.2, 0.25) is 0 Å². The highest BCUT2D eigenvalue weighted by molar-refractivity contribution is 6.42. The van der Waals surface area contributed by atoms with Crippen LogP contribution in [0.5, 0.6) is 0 Å². The number of Topliss-reactive ketones (excluding diaryl/α,β-unsaturated/α-hetero) is 1. The topological polar surface area (TPSA) is 75.4 Å². The summed E-state index contributed by atoms with van der Waals surface area (Å²) in [6.45, 7) is 3.34. The first-order valence-electron chi connectivity index (χ1n) is 6.16. The molecule has 1 amide bonds. The Morgan fingerprint density at radius 2 is 2.33 bits per heavy atom. The molecule has 0 aromatic carbocycles. The van der Waals surface area contributed by atoms with Crippen molar-refractivity contribution in [2.24, 2.45) is 0 Å². The third-order valence-corrected chi connectivity index (χ3v) is 3.10. The minimum absolute atomic E-state index is 0.243. The van der Waals surface area contributed by atoms with Gasteiger partial charge in [-0.3, -0.25) is 14.3 Å². The van der Waals surface area contributed by atoms with E-state index in [1.54, 1.807) is 10.9 Å². The maximum absolute atomic E-state index is 12.0. The first kappa shape index (κ1) is 12.8. The summed E-state index contributed by atoms with van der Waals surface area (Å²) in [5, 5.41) is 13.5. The van der Waals surface area contributed by atoms with E-state index in [0.717, 1.165) is 6.42 Å². The van der Waals surface area contributed by atoms with Crippen LogP contribution in [0.3, 0.4) is 0 Å². The number of likely N-dealkylation sites (tertiary alicyclic amines) is 1. The standard InChI is InChI=1S/C12H17N3O3/c1-2-15-7-9(6-13-15)11(17)12(18)14-5-3-4-10(16)8-14/h6-7,10,16H,2-5,8H2,1H3. The van der Waals surface area contributed by atoms with Gasteiger partial charge in [-0.25, -0.2) is 0 Å². The summed E-state index contributed by atoms with van der Waals surface area (Å²) in [5.41, 5.74) is 0.307. The van der Waals surface area contributed by atoms with Gasteiger partial charge in [0.1, 0.15) is 0 Å². The lowest BCUT2D eigenvalue weighted by Gasteiger charge is -2.29. The zero-order chi connectivity index (χ0) is 13.1. The zero-order valence-corrected chi connectivity index (χ0v) is 10.4. The molecule has 0 aliphatic carbocycles. The summed E-state index contributed by atoms with van der Waals surface area (Å²) in [6.07, 6.45) is 3.87. The number of hydrogen-bond donors (Lipinski definition) is 1. The van der Waals surface area contributed by atoms with Gasteiger partial charge in [-0.05, 0) is 19.8 Å². The van der Waals surface area contributed by atoms with Crippen molar-refractivity contribution in [1.82, 2.24) is 14.7 Å². The number of carbonyl (C=O) groups is 2. The molecule has 1 atom stereocenters. The summed E-state index contributed by atoms with van der Waals surface area (Å²) in [5.74, 6) is -1.10. The molecule has 1 aromatic heterocycles. The molecule has 1 aliphatic rings. The Balaban J connectivity index is 2.06. The van der Waals surface area contributed by atoms with E-state index in [2.05, 4.69) is 5.10 Å². The molecule has 98 valence electrons. The van der Waals surface area contributed by atoms with Crippen LogP contribution in [-0.2, 0) is 11.3 Å². The largest absolute Gasteiger partial charge is 0.391 e. The molecule has 6 heteroatoms. The zero-order valence-electron chi connectivity index (χ0n) is 10.4. The summed E-state index contributed by atoms with van der Waals surface area (Å²) in [6, 6.07) is 0. The molecule has 18 heavy (non-hydrogen) atoms. The molecule has 0 saturated carbocycles. The molecular formula is C12H17N3O3. The molecule has 1 N–H and O–H groups in total. The molecule has 2 rings (SSSR count). The number of piperidine rings is 1. The number of amides is 1. The lowest BCUT2D eigenvalue weighted by atomic mass is 10.1. The molecule has 1 aromatic rings. The first-order valence-corrected chi connectivity index (χ1v) is 6.16. The van der Waals surface area contributed by atoms with Crippen molar-refractivity contribution in [3.63, 3.8) is 0 Å². The number of β-amino-alcohol motifs (C(OH)–C–C–N with tert-alkyl or cyclic N) is 1. The van der Waals surface area contributed by atoms with Crippen LogP contribution in [0.1, 0.15) is 30.1 Å². The maximum atomic E-state index is 12.0. The molecule has 1 unspecified atom stereocenters. The van der Waals surface area contributed by atoms with E-state index in [-0.39, 0.29) is 6.54 Å². The van der Waals surface area contributed by atoms with E-state index in [9.17, 15) is 14.7 Å². The fourth-order valence-corrected chi connectivity index (χ4v) is 2.06. The minimum Gasteiger partial charge on any atom is -0.391 e. The monoisotopic (exact) mass is 251 g/mol. The molecule has 0 spiro atoms. The van der Waals surface area contributed by atoms with E-state index in [1.165, 1.54) is 11.1 Å². The van der Waals surface area contributed by atoms with Crippen molar-refractivity contribution in [3.8, 4) is 0 Å². The number of rotatable bonds is 3. The van der Waals surface area contributed by atoms with Crippen LogP contribution in [0.2, 0.25) is 0 Å². The van der Waals surface area contributed by atoms with Crippen molar-refractivity contribution in [2.75, 3.05) is 13.1 Å². The summed E-state index contributed by atoms with van der Waals surface area (Å²) in [7, 11) is 0. The molecule has 1 aliphatic heterocycles. The first-order chi connectivity index (χ1) is 8.61. The Bertz CT molecular complexity index is 455. The average Bonchev–Trinajstić information content (AvgIpc) is 2.85. The fraction of sp³-hybridized carbons (Fsp3) is 0.583. The molecular weight excluding hydrogens is 234 g/mol. The second-order valence-corrected chi connectivity index (χ2v) is 4.46. The Morgan fingerprint density at radius 1 is 1.56 bits per heavy atom. The van der Waals surface area contributed by atoms with Gasteiger partial charge in [0.25, 0.3) is 11.7 Å². The molecule has 2 heterocycles. The minimum atomic E-state index is -0.552. The van der Waals surface area contributed by atoms with Gasteiger partial charge in [0, 0.05) is 25.8 Å². The Labute approximate surface area is 105 Å². The summed E-state index contributed by atoms with van der Waals surface area (Å²) >= 11 is 0. The third kappa shape index (κ3) is 2.59. The van der Waals surface area contributed by atoms with Crippen LogP contribution in [0.4, 0.5) is 0 Å². The number of aryl methyl sites for hydroxylation is 1. The van der Waals surface area contributed by atoms with Crippen LogP contribution in [0.25, 0.3) is 0 Å². The van der Waals surface area contributed by atoms with Gasteiger partial charge < -0.3 is 10.0 Å². The normalized spacial score (nSPS) is 19.9. The van der Waals surface area contributed by atoms with Gasteiger partial charge in [0.05, 0.1) is 17.9 Å². The fourth-order valence-electron chi connectivity index (χ4n) is 2.06. The van der Waals surface area contributed by atoms with Crippen LogP contribution in [-0.4, -0.2) is 50.7 Å². The number of nitrogens with zero attached hydrogens (tertiary/aromatic N) is 3. The number of aromatic nitrogens is 2. The predicted octanol–water partition coefficient (Wildman–Crippen LogP) is 0.0690. The molecule has 1 saturated heterocycles. The SMILES string of the molecule is CCn1cc(C(=O)C(=O)N2CCCC(O)C2)cn1. The van der Waals surface area contributed by atoms with Crippen molar-refractivity contribution in [2.45, 2.75) is 32.4 Å². The lowest BCUT2D eigenvalue weighted by molar-refractivity contribution is -0.129. The summed E-state index contributed by atoms with van der Waals surface area (Å²) < 4.78 is 1.60. The highest BCUT2D eigenvalue weighted by Gasteiger charge is 2.28. The van der Waals surface area contributed by atoms with Gasteiger partial charge in [-0.1, -0.05) is 0 Å². The van der Waals surface area contributed by atoms with E-state index in [0.29, 0.717) is 25.1 Å². The maximum Gasteiger partial charge on any atom is 0.295 e. The van der Waals surface area contributed by atoms with Gasteiger partial charge in [-0.2, -0.15) is 5.10 Å². The highest BCUT2D eigenvalue weighted by Crippen LogP contribution is 2.12. The Hall–Kier alpha value is -1.69. The average molecular weight is 251 g/mol. The van der Waals surface area contributed by atoms with Crippen LogP contribution in [0.15, 0.2) is 12.4 Å². The third-order valence-electron chi connectivity index (χ3n) is 3.10. The van der Waals surface area contributed by atoms with Crippen molar-refractivity contribution in [1.29, 1.82) is 0 Å². The van der Waals surface area contributed by atoms with Gasteiger partial charge in [0.15, 0.2) is 0 Å². The van der Waals surface area contributed by atoms with E-state index in [1.807, 2.05) is 6.92 Å². The lowest BCUT2D eigenvalue weighted by Crippen LogP contribution is -2.45. The van der Waals surface area contributed by atoms with Crippen molar-refractivity contribution >= 4 is 11.7 Å².